The first kappa shape index (κ1) is 18.7. The monoisotopic (exact) mass is 412 g/mol. The molecule has 0 bridgehead atoms. The van der Waals surface area contributed by atoms with Crippen LogP contribution >= 0.6 is 0 Å². The number of esters is 1. The zero-order chi connectivity index (χ0) is 21.4. The summed E-state index contributed by atoms with van der Waals surface area (Å²) in [5.74, 6) is -0.597. The van der Waals surface area contributed by atoms with Gasteiger partial charge >= 0.3 is 11.6 Å². The van der Waals surface area contributed by atoms with Crippen molar-refractivity contribution in [2.75, 3.05) is 0 Å². The van der Waals surface area contributed by atoms with Crippen LogP contribution in [-0.2, 0) is 22.7 Å². The third-order valence-electron chi connectivity index (χ3n) is 5.14. The van der Waals surface area contributed by atoms with Gasteiger partial charge in [-0.2, -0.15) is 0 Å². The number of carbonyl (C=O) groups is 1. The highest BCUT2D eigenvalue weighted by Gasteiger charge is 2.14. The van der Waals surface area contributed by atoms with E-state index in [2.05, 4.69) is 4.98 Å². The van der Waals surface area contributed by atoms with Crippen molar-refractivity contribution in [3.8, 4) is 0 Å². The Labute approximate surface area is 175 Å². The molecule has 2 aromatic heterocycles. The number of para-hydroxylation sites is 2. The molecule has 0 aliphatic heterocycles. The molecule has 152 valence electrons. The van der Waals surface area contributed by atoms with Crippen molar-refractivity contribution in [2.45, 2.75) is 13.2 Å². The van der Waals surface area contributed by atoms with Crippen molar-refractivity contribution in [3.63, 3.8) is 0 Å². The topological polar surface area (TPSA) is 91.4 Å². The van der Waals surface area contributed by atoms with E-state index in [1.54, 1.807) is 30.3 Å². The number of hydrogen-bond donors (Lipinski definition) is 0. The summed E-state index contributed by atoms with van der Waals surface area (Å²) in [6.45, 7) is -0.380. The van der Waals surface area contributed by atoms with Gasteiger partial charge in [0.05, 0.1) is 17.2 Å². The zero-order valence-corrected chi connectivity index (χ0v) is 16.3. The van der Waals surface area contributed by atoms with Crippen LogP contribution in [-0.4, -0.2) is 15.5 Å². The van der Waals surface area contributed by atoms with Gasteiger partial charge in [-0.15, -0.1) is 0 Å². The minimum atomic E-state index is -0.597. The second kappa shape index (κ2) is 7.53. The number of fused-ring (bicyclic) bond motifs is 4. The molecule has 0 radical (unpaired) electrons. The summed E-state index contributed by atoms with van der Waals surface area (Å²) < 4.78 is 12.1. The summed E-state index contributed by atoms with van der Waals surface area (Å²) in [5, 5.41) is 2.59. The Morgan fingerprint density at radius 3 is 2.71 bits per heavy atom. The first-order valence-electron chi connectivity index (χ1n) is 9.65. The van der Waals surface area contributed by atoms with E-state index in [0.29, 0.717) is 22.2 Å². The van der Waals surface area contributed by atoms with Crippen molar-refractivity contribution in [1.82, 2.24) is 9.55 Å². The van der Waals surface area contributed by atoms with E-state index >= 15 is 0 Å². The van der Waals surface area contributed by atoms with Crippen LogP contribution in [0.4, 0.5) is 0 Å². The zero-order valence-electron chi connectivity index (χ0n) is 16.3. The van der Waals surface area contributed by atoms with Crippen LogP contribution in [0.1, 0.15) is 5.56 Å². The molecule has 0 atom stereocenters. The SMILES string of the molecule is O=C(Cn1c(=O)cnc2ccccc21)OCc1cc(=O)oc2ccc3ccccc3c12. The molecule has 2 heterocycles. The second-order valence-corrected chi connectivity index (χ2v) is 7.08. The number of ether oxygens (including phenoxy) is 1. The number of rotatable bonds is 4. The normalized spacial score (nSPS) is 11.2. The van der Waals surface area contributed by atoms with Crippen LogP contribution in [0.15, 0.2) is 86.9 Å². The molecular formula is C24H16N2O5. The Kier molecular flexibility index (Phi) is 4.55. The molecule has 5 rings (SSSR count). The summed E-state index contributed by atoms with van der Waals surface area (Å²) in [5.41, 5.74) is 1.20. The number of hydrogen-bond acceptors (Lipinski definition) is 6. The van der Waals surface area contributed by atoms with E-state index in [0.717, 1.165) is 16.2 Å². The molecule has 0 unspecified atom stereocenters. The first-order chi connectivity index (χ1) is 15.1. The van der Waals surface area contributed by atoms with Gasteiger partial charge in [-0.3, -0.25) is 14.2 Å². The van der Waals surface area contributed by atoms with E-state index in [1.807, 2.05) is 30.3 Å². The Morgan fingerprint density at radius 2 is 1.81 bits per heavy atom. The number of nitrogens with zero attached hydrogens (tertiary/aromatic N) is 2. The van der Waals surface area contributed by atoms with E-state index in [-0.39, 0.29) is 13.2 Å². The number of carbonyl (C=O) groups excluding carboxylic acids is 1. The molecule has 31 heavy (non-hydrogen) atoms. The van der Waals surface area contributed by atoms with Gasteiger partial charge in [-0.1, -0.05) is 42.5 Å². The van der Waals surface area contributed by atoms with Crippen molar-refractivity contribution in [3.05, 3.63) is 99.3 Å². The lowest BCUT2D eigenvalue weighted by atomic mass is 10.0. The van der Waals surface area contributed by atoms with Crippen LogP contribution in [0.2, 0.25) is 0 Å². The second-order valence-electron chi connectivity index (χ2n) is 7.08. The predicted molar refractivity (Wildman–Crippen MR) is 116 cm³/mol. The Bertz CT molecular complexity index is 1580. The molecule has 0 saturated carbocycles. The van der Waals surface area contributed by atoms with Gasteiger partial charge in [0.2, 0.25) is 0 Å². The van der Waals surface area contributed by atoms with Crippen molar-refractivity contribution >= 4 is 38.7 Å². The smallest absolute Gasteiger partial charge is 0.336 e. The van der Waals surface area contributed by atoms with Crippen LogP contribution in [0.5, 0.6) is 0 Å². The van der Waals surface area contributed by atoms with Crippen LogP contribution < -0.4 is 11.2 Å². The van der Waals surface area contributed by atoms with E-state index in [1.165, 1.54) is 16.8 Å². The van der Waals surface area contributed by atoms with Gasteiger partial charge in [0.25, 0.3) is 5.56 Å². The molecular weight excluding hydrogens is 396 g/mol. The lowest BCUT2D eigenvalue weighted by Gasteiger charge is -2.11. The first-order valence-corrected chi connectivity index (χ1v) is 9.65. The van der Waals surface area contributed by atoms with E-state index in [9.17, 15) is 14.4 Å². The van der Waals surface area contributed by atoms with Crippen molar-refractivity contribution in [1.29, 1.82) is 0 Å². The molecule has 7 heteroatoms. The third-order valence-corrected chi connectivity index (χ3v) is 5.14. The number of benzene rings is 3. The summed E-state index contributed by atoms with van der Waals surface area (Å²) >= 11 is 0. The Morgan fingerprint density at radius 1 is 1.00 bits per heavy atom. The van der Waals surface area contributed by atoms with Gasteiger partial charge in [0.1, 0.15) is 18.7 Å². The maximum atomic E-state index is 12.6. The fraction of sp³-hybridized carbons (Fsp3) is 0.0833. The summed E-state index contributed by atoms with van der Waals surface area (Å²) in [7, 11) is 0. The summed E-state index contributed by atoms with van der Waals surface area (Å²) in [6, 6.07) is 19.7. The van der Waals surface area contributed by atoms with Gasteiger partial charge in [0.15, 0.2) is 0 Å². The van der Waals surface area contributed by atoms with Crippen LogP contribution in [0.25, 0.3) is 32.8 Å². The molecule has 0 spiro atoms. The summed E-state index contributed by atoms with van der Waals surface area (Å²) in [4.78, 5) is 40.9. The van der Waals surface area contributed by atoms with Gasteiger partial charge < -0.3 is 9.15 Å². The molecule has 0 aliphatic rings. The fourth-order valence-electron chi connectivity index (χ4n) is 3.74. The quantitative estimate of drug-likeness (QED) is 0.255. The molecule has 3 aromatic carbocycles. The van der Waals surface area contributed by atoms with Crippen molar-refractivity contribution < 1.29 is 13.9 Å². The van der Waals surface area contributed by atoms with Gasteiger partial charge in [-0.25, -0.2) is 9.78 Å². The predicted octanol–water partition coefficient (Wildman–Crippen LogP) is 3.40. The largest absolute Gasteiger partial charge is 0.459 e. The fourth-order valence-corrected chi connectivity index (χ4v) is 3.74. The Hall–Kier alpha value is -4.26. The maximum absolute atomic E-state index is 12.6. The maximum Gasteiger partial charge on any atom is 0.336 e. The third kappa shape index (κ3) is 3.46. The molecule has 0 aliphatic carbocycles. The highest BCUT2D eigenvalue weighted by atomic mass is 16.5. The Balaban J connectivity index is 1.47. The minimum Gasteiger partial charge on any atom is -0.459 e. The van der Waals surface area contributed by atoms with E-state index < -0.39 is 17.2 Å². The average Bonchev–Trinajstić information content (AvgIpc) is 2.79. The van der Waals surface area contributed by atoms with Crippen LogP contribution in [0, 0.1) is 0 Å². The van der Waals surface area contributed by atoms with E-state index in [4.69, 9.17) is 9.15 Å². The highest BCUT2D eigenvalue weighted by Crippen LogP contribution is 2.27. The summed E-state index contributed by atoms with van der Waals surface area (Å²) in [6.07, 6.45) is 1.18. The lowest BCUT2D eigenvalue weighted by molar-refractivity contribution is -0.145. The molecule has 0 saturated heterocycles. The number of aromatic nitrogens is 2. The highest BCUT2D eigenvalue weighted by molar-refractivity contribution is 6.07. The minimum absolute atomic E-state index is 0.118. The van der Waals surface area contributed by atoms with Gasteiger partial charge in [-0.05, 0) is 29.0 Å². The molecule has 0 fully saturated rings. The van der Waals surface area contributed by atoms with Crippen LogP contribution in [0.3, 0.4) is 0 Å². The molecule has 5 aromatic rings. The molecule has 7 nitrogen and oxygen atoms in total. The molecule has 0 N–H and O–H groups in total. The van der Waals surface area contributed by atoms with Crippen molar-refractivity contribution in [2.24, 2.45) is 0 Å². The molecule has 0 amide bonds. The standard InChI is InChI=1S/C24H16N2O5/c27-21-12-25-18-7-3-4-8-19(18)26(21)13-23(29)30-14-16-11-22(28)31-20-10-9-15-5-1-2-6-17(15)24(16)20/h1-12H,13-14H2. The average molecular weight is 412 g/mol. The lowest BCUT2D eigenvalue weighted by Crippen LogP contribution is -2.25. The van der Waals surface area contributed by atoms with Gasteiger partial charge in [0, 0.05) is 17.0 Å².